The second-order valence-electron chi connectivity index (χ2n) is 9.18. The van der Waals surface area contributed by atoms with Gasteiger partial charge < -0.3 is 15.7 Å². The topological polar surface area (TPSA) is 157 Å². The van der Waals surface area contributed by atoms with Gasteiger partial charge in [-0.15, -0.1) is 0 Å². The van der Waals surface area contributed by atoms with Crippen LogP contribution in [0.3, 0.4) is 0 Å². The molecule has 0 bridgehead atoms. The van der Waals surface area contributed by atoms with E-state index in [-0.39, 0.29) is 12.1 Å². The van der Waals surface area contributed by atoms with Crippen LogP contribution < -0.4 is 10.6 Å². The Morgan fingerprint density at radius 1 is 1.23 bits per heavy atom. The third-order valence-corrected chi connectivity index (χ3v) is 6.28. The van der Waals surface area contributed by atoms with Crippen LogP contribution in [0, 0.1) is 11.3 Å². The fourth-order valence-corrected chi connectivity index (χ4v) is 4.13. The van der Waals surface area contributed by atoms with Gasteiger partial charge in [0.1, 0.15) is 17.7 Å². The molecule has 3 atom stereocenters. The van der Waals surface area contributed by atoms with E-state index in [1.807, 2.05) is 6.07 Å². The first-order valence-electron chi connectivity index (χ1n) is 12.0. The molecule has 0 saturated heterocycles. The number of nitrogens with one attached hydrogen (secondary N) is 3. The molecule has 0 radical (unpaired) electrons. The van der Waals surface area contributed by atoms with Gasteiger partial charge in [0.25, 0.3) is 5.91 Å². The van der Waals surface area contributed by atoms with Crippen molar-refractivity contribution in [1.82, 2.24) is 35.1 Å². The molecule has 0 aliphatic carbocycles. The first-order chi connectivity index (χ1) is 18.9. The molecule has 12 heteroatoms. The maximum Gasteiger partial charge on any atom is 0.253 e. The second kappa shape index (κ2) is 10.7. The van der Waals surface area contributed by atoms with Crippen LogP contribution in [0.5, 0.6) is 0 Å². The minimum Gasteiger partial charge on any atom is -0.385 e. The molecule has 5 rings (SSSR count). The van der Waals surface area contributed by atoms with Crippen LogP contribution in [-0.2, 0) is 0 Å². The summed E-state index contributed by atoms with van der Waals surface area (Å²) in [4.78, 5) is 21.3. The molecule has 5 heterocycles. The van der Waals surface area contributed by atoms with Crippen LogP contribution in [0.25, 0.3) is 16.8 Å². The average molecular weight is 526 g/mol. The summed E-state index contributed by atoms with van der Waals surface area (Å²) in [5.41, 5.74) is 1.57. The Bertz CT molecular complexity index is 1610. The SMILES string of the molecule is C[C@@](O)(CNc1ccc(-c2cn[nH]c2)nc1)[C@H](F)[C@H](NC(=O)c1cccnc1)c1ccc2cc(C#N)cnn12. The van der Waals surface area contributed by atoms with E-state index in [0.29, 0.717) is 28.2 Å². The summed E-state index contributed by atoms with van der Waals surface area (Å²) < 4.78 is 17.7. The molecule has 5 aromatic rings. The lowest BCUT2D eigenvalue weighted by atomic mass is 9.92. The van der Waals surface area contributed by atoms with E-state index in [4.69, 9.17) is 0 Å². The van der Waals surface area contributed by atoms with Gasteiger partial charge in [-0.1, -0.05) is 0 Å². The number of aliphatic hydroxyl groups is 1. The third kappa shape index (κ3) is 5.43. The lowest BCUT2D eigenvalue weighted by molar-refractivity contribution is -0.0253. The third-order valence-electron chi connectivity index (χ3n) is 6.28. The molecule has 0 aliphatic rings. The lowest BCUT2D eigenvalue weighted by Crippen LogP contribution is -2.50. The normalized spacial score (nSPS) is 14.2. The molecular formula is C27H24FN9O2. The average Bonchev–Trinajstić information content (AvgIpc) is 3.65. The molecule has 0 unspecified atom stereocenters. The van der Waals surface area contributed by atoms with E-state index in [1.54, 1.807) is 61.1 Å². The van der Waals surface area contributed by atoms with Gasteiger partial charge in [-0.05, 0) is 49.4 Å². The van der Waals surface area contributed by atoms with E-state index in [9.17, 15) is 15.2 Å². The number of halogens is 1. The number of amides is 1. The zero-order chi connectivity index (χ0) is 27.4. The number of alkyl halides is 1. The number of aromatic nitrogens is 6. The van der Waals surface area contributed by atoms with E-state index in [2.05, 4.69) is 35.9 Å². The lowest BCUT2D eigenvalue weighted by Gasteiger charge is -2.33. The van der Waals surface area contributed by atoms with Gasteiger partial charge in [0.15, 0.2) is 6.17 Å². The van der Waals surface area contributed by atoms with E-state index in [0.717, 1.165) is 5.56 Å². The van der Waals surface area contributed by atoms with Gasteiger partial charge in [-0.25, -0.2) is 8.91 Å². The summed E-state index contributed by atoms with van der Waals surface area (Å²) in [6.07, 6.45) is 7.21. The summed E-state index contributed by atoms with van der Waals surface area (Å²) in [7, 11) is 0. The summed E-state index contributed by atoms with van der Waals surface area (Å²) >= 11 is 0. The number of hydrogen-bond donors (Lipinski definition) is 4. The Labute approximate surface area is 222 Å². The quantitative estimate of drug-likeness (QED) is 0.229. The Hall–Kier alpha value is -5.15. The number of anilines is 1. The van der Waals surface area contributed by atoms with Gasteiger partial charge >= 0.3 is 0 Å². The molecule has 0 aliphatic heterocycles. The van der Waals surface area contributed by atoms with Crippen molar-refractivity contribution in [3.63, 3.8) is 0 Å². The highest BCUT2D eigenvalue weighted by atomic mass is 19.1. The fourth-order valence-electron chi connectivity index (χ4n) is 4.13. The van der Waals surface area contributed by atoms with Crippen LogP contribution in [0.15, 0.2) is 79.6 Å². The molecule has 196 valence electrons. The first kappa shape index (κ1) is 25.5. The number of carbonyl (C=O) groups excluding carboxylic acids is 1. The van der Waals surface area contributed by atoms with Crippen LogP contribution in [-0.4, -0.2) is 59.1 Å². The van der Waals surface area contributed by atoms with Crippen molar-refractivity contribution >= 4 is 17.1 Å². The molecule has 39 heavy (non-hydrogen) atoms. The highest BCUT2D eigenvalue weighted by Crippen LogP contribution is 2.30. The van der Waals surface area contributed by atoms with Crippen LogP contribution in [0.2, 0.25) is 0 Å². The number of fused-ring (bicyclic) bond motifs is 1. The van der Waals surface area contributed by atoms with Crippen LogP contribution in [0.4, 0.5) is 10.1 Å². The van der Waals surface area contributed by atoms with Crippen molar-refractivity contribution in [3.05, 3.63) is 96.5 Å². The number of pyridine rings is 2. The number of hydrogen-bond acceptors (Lipinski definition) is 8. The summed E-state index contributed by atoms with van der Waals surface area (Å²) in [6, 6.07) is 12.3. The molecule has 1 amide bonds. The van der Waals surface area contributed by atoms with Gasteiger partial charge in [0, 0.05) is 30.7 Å². The Kier molecular flexibility index (Phi) is 6.98. The van der Waals surface area contributed by atoms with Crippen molar-refractivity contribution in [2.45, 2.75) is 24.7 Å². The number of H-pyrrole nitrogens is 1. The Morgan fingerprint density at radius 2 is 2.10 bits per heavy atom. The minimum absolute atomic E-state index is 0.185. The van der Waals surface area contributed by atoms with Crippen molar-refractivity contribution in [1.29, 1.82) is 5.26 Å². The fraction of sp³-hybridized carbons (Fsp3) is 0.185. The summed E-state index contributed by atoms with van der Waals surface area (Å²) in [6.45, 7) is 1.16. The van der Waals surface area contributed by atoms with Crippen LogP contribution >= 0.6 is 0 Å². The number of nitriles is 1. The molecule has 0 saturated carbocycles. The largest absolute Gasteiger partial charge is 0.385 e. The monoisotopic (exact) mass is 525 g/mol. The smallest absolute Gasteiger partial charge is 0.253 e. The van der Waals surface area contributed by atoms with Gasteiger partial charge in [0.05, 0.1) is 52.3 Å². The molecule has 11 nitrogen and oxygen atoms in total. The molecule has 0 fully saturated rings. The Morgan fingerprint density at radius 3 is 2.79 bits per heavy atom. The minimum atomic E-state index is -1.97. The molecular weight excluding hydrogens is 501 g/mol. The highest BCUT2D eigenvalue weighted by Gasteiger charge is 2.41. The zero-order valence-corrected chi connectivity index (χ0v) is 20.8. The second-order valence-corrected chi connectivity index (χ2v) is 9.18. The van der Waals surface area contributed by atoms with Crippen LogP contribution in [0.1, 0.15) is 34.6 Å². The number of aromatic amines is 1. The van der Waals surface area contributed by atoms with Crippen molar-refractivity contribution in [2.24, 2.45) is 0 Å². The molecule has 0 aromatic carbocycles. The maximum absolute atomic E-state index is 16.3. The number of rotatable bonds is 9. The van der Waals surface area contributed by atoms with Gasteiger partial charge in [0.2, 0.25) is 0 Å². The van der Waals surface area contributed by atoms with Crippen molar-refractivity contribution < 1.29 is 14.3 Å². The first-order valence-corrected chi connectivity index (χ1v) is 12.0. The highest BCUT2D eigenvalue weighted by molar-refractivity contribution is 5.94. The van der Waals surface area contributed by atoms with E-state index >= 15 is 4.39 Å². The van der Waals surface area contributed by atoms with E-state index in [1.165, 1.54) is 30.0 Å². The van der Waals surface area contributed by atoms with Gasteiger partial charge in [-0.3, -0.25) is 19.9 Å². The van der Waals surface area contributed by atoms with Gasteiger partial charge in [-0.2, -0.15) is 15.5 Å². The molecule has 0 spiro atoms. The number of carbonyl (C=O) groups is 1. The summed E-state index contributed by atoms with van der Waals surface area (Å²) in [5, 5.41) is 37.0. The molecule has 5 aromatic heterocycles. The standard InChI is InChI=1S/C27H24FN9O2/c1-27(39,16-32-20-4-6-22(31-15-20)19-13-33-34-14-19)25(28)24(36-26(38)18-3-2-8-30-12-18)23-7-5-21-9-17(10-29)11-35-37(21)23/h2-9,11-15,24-25,32,39H,16H2,1H3,(H,33,34)(H,36,38)/t24-,25-,27-/m1/s1. The summed E-state index contributed by atoms with van der Waals surface area (Å²) in [5.74, 6) is -0.567. The molecule has 4 N–H and O–H groups in total. The van der Waals surface area contributed by atoms with Crippen molar-refractivity contribution in [2.75, 3.05) is 11.9 Å². The van der Waals surface area contributed by atoms with Crippen molar-refractivity contribution in [3.8, 4) is 17.3 Å². The predicted molar refractivity (Wildman–Crippen MR) is 140 cm³/mol. The van der Waals surface area contributed by atoms with E-state index < -0.39 is 23.7 Å². The number of nitrogens with zero attached hydrogens (tertiary/aromatic N) is 6. The maximum atomic E-state index is 16.3. The Balaban J connectivity index is 1.40. The predicted octanol–water partition coefficient (Wildman–Crippen LogP) is 3.06. The zero-order valence-electron chi connectivity index (χ0n) is 20.8.